The number of nitrogens with zero attached hydrogens (tertiary/aromatic N) is 1. The minimum Gasteiger partial charge on any atom is -0.384 e. The van der Waals surface area contributed by atoms with E-state index >= 15 is 0 Å². The van der Waals surface area contributed by atoms with Crippen LogP contribution in [0.1, 0.15) is 23.6 Å². The first kappa shape index (κ1) is 14.1. The average molecular weight is 267 g/mol. The highest BCUT2D eigenvalue weighted by Crippen LogP contribution is 2.28. The highest BCUT2D eigenvalue weighted by atomic mass is 15.1. The van der Waals surface area contributed by atoms with Gasteiger partial charge in [-0.3, -0.25) is 5.41 Å². The van der Waals surface area contributed by atoms with Crippen molar-refractivity contribution in [2.75, 3.05) is 11.9 Å². The third-order valence-corrected chi connectivity index (χ3v) is 3.54. The number of nitrogen functional groups attached to an aromatic ring is 1. The molecule has 0 amide bonds. The van der Waals surface area contributed by atoms with Gasteiger partial charge in [0.2, 0.25) is 0 Å². The molecule has 3 N–H and O–H groups in total. The molecular weight excluding hydrogens is 246 g/mol. The highest BCUT2D eigenvalue weighted by molar-refractivity contribution is 6.01. The summed E-state index contributed by atoms with van der Waals surface area (Å²) in [4.78, 5) is 2.07. The van der Waals surface area contributed by atoms with Crippen LogP contribution < -0.4 is 10.6 Å². The van der Waals surface area contributed by atoms with E-state index in [2.05, 4.69) is 36.1 Å². The summed E-state index contributed by atoms with van der Waals surface area (Å²) in [5, 5.41) is 7.74. The van der Waals surface area contributed by atoms with E-state index in [1.165, 1.54) is 5.56 Å². The van der Waals surface area contributed by atoms with E-state index in [1.807, 2.05) is 32.2 Å². The van der Waals surface area contributed by atoms with E-state index in [1.54, 1.807) is 0 Å². The number of amidine groups is 1. The fraction of sp³-hybridized carbons (Fsp3) is 0.235. The van der Waals surface area contributed by atoms with Crippen molar-refractivity contribution in [2.24, 2.45) is 5.73 Å². The Balaban J connectivity index is 2.41. The predicted molar refractivity (Wildman–Crippen MR) is 86.1 cm³/mol. The Labute approximate surface area is 120 Å². The first-order valence-corrected chi connectivity index (χ1v) is 6.80. The Morgan fingerprint density at radius 3 is 2.35 bits per heavy atom. The summed E-state index contributed by atoms with van der Waals surface area (Å²) < 4.78 is 0. The van der Waals surface area contributed by atoms with E-state index in [4.69, 9.17) is 11.1 Å². The number of anilines is 2. The van der Waals surface area contributed by atoms with Crippen LogP contribution in [0.15, 0.2) is 42.5 Å². The molecule has 3 heteroatoms. The normalized spacial score (nSPS) is 10.3. The molecule has 0 bridgehead atoms. The summed E-state index contributed by atoms with van der Waals surface area (Å²) in [7, 11) is 2.00. The number of hydrogen-bond donors (Lipinski definition) is 2. The first-order chi connectivity index (χ1) is 9.52. The lowest BCUT2D eigenvalue weighted by molar-refractivity contribution is 1.13. The van der Waals surface area contributed by atoms with Gasteiger partial charge in [0.25, 0.3) is 0 Å². The van der Waals surface area contributed by atoms with Crippen LogP contribution in [0, 0.1) is 12.3 Å². The Morgan fingerprint density at radius 2 is 1.80 bits per heavy atom. The summed E-state index contributed by atoms with van der Waals surface area (Å²) in [6.07, 6.45) is 1.03. The molecule has 0 saturated heterocycles. The molecule has 0 radical (unpaired) electrons. The summed E-state index contributed by atoms with van der Waals surface area (Å²) in [6, 6.07) is 14.5. The maximum atomic E-state index is 7.74. The molecule has 0 spiro atoms. The maximum absolute atomic E-state index is 7.74. The van der Waals surface area contributed by atoms with Gasteiger partial charge in [0.15, 0.2) is 0 Å². The zero-order valence-electron chi connectivity index (χ0n) is 12.3. The SMILES string of the molecule is CCc1ccc(N(C)c2ccc(C)cc2C(=N)N)cc1. The number of nitrogens with one attached hydrogen (secondary N) is 1. The van der Waals surface area contributed by atoms with E-state index in [0.29, 0.717) is 0 Å². The number of nitrogens with two attached hydrogens (primary N) is 1. The minimum absolute atomic E-state index is 0.0979. The van der Waals surface area contributed by atoms with Crippen LogP contribution in [0.5, 0.6) is 0 Å². The zero-order valence-corrected chi connectivity index (χ0v) is 12.3. The van der Waals surface area contributed by atoms with Gasteiger partial charge in [0, 0.05) is 18.3 Å². The topological polar surface area (TPSA) is 53.1 Å². The average Bonchev–Trinajstić information content (AvgIpc) is 2.46. The lowest BCUT2D eigenvalue weighted by Crippen LogP contribution is -2.18. The molecule has 0 atom stereocenters. The molecule has 0 unspecified atom stereocenters. The van der Waals surface area contributed by atoms with Gasteiger partial charge in [0.05, 0.1) is 5.69 Å². The molecular formula is C17H21N3. The Morgan fingerprint density at radius 1 is 1.15 bits per heavy atom. The van der Waals surface area contributed by atoms with Gasteiger partial charge in [0.1, 0.15) is 5.84 Å². The van der Waals surface area contributed by atoms with Crippen molar-refractivity contribution < 1.29 is 0 Å². The molecule has 0 fully saturated rings. The second kappa shape index (κ2) is 5.78. The quantitative estimate of drug-likeness (QED) is 0.656. The summed E-state index contributed by atoms with van der Waals surface area (Å²) in [6.45, 7) is 4.15. The van der Waals surface area contributed by atoms with Crippen LogP contribution in [-0.2, 0) is 6.42 Å². The van der Waals surface area contributed by atoms with Crippen molar-refractivity contribution in [3.63, 3.8) is 0 Å². The van der Waals surface area contributed by atoms with Gasteiger partial charge in [-0.25, -0.2) is 0 Å². The van der Waals surface area contributed by atoms with Crippen molar-refractivity contribution in [1.82, 2.24) is 0 Å². The van der Waals surface area contributed by atoms with Gasteiger partial charge in [-0.2, -0.15) is 0 Å². The van der Waals surface area contributed by atoms with E-state index < -0.39 is 0 Å². The van der Waals surface area contributed by atoms with Crippen LogP contribution in [0.4, 0.5) is 11.4 Å². The fourth-order valence-corrected chi connectivity index (χ4v) is 2.25. The minimum atomic E-state index is 0.0979. The Bertz CT molecular complexity index is 615. The maximum Gasteiger partial charge on any atom is 0.124 e. The van der Waals surface area contributed by atoms with Crippen molar-refractivity contribution >= 4 is 17.2 Å². The molecule has 2 aromatic rings. The van der Waals surface area contributed by atoms with E-state index in [9.17, 15) is 0 Å². The highest BCUT2D eigenvalue weighted by Gasteiger charge is 2.11. The second-order valence-electron chi connectivity index (χ2n) is 5.01. The number of rotatable bonds is 4. The third-order valence-electron chi connectivity index (χ3n) is 3.54. The standard InChI is InChI=1S/C17H21N3/c1-4-13-6-8-14(9-7-13)20(3)16-10-5-12(2)11-15(16)17(18)19/h5-11H,4H2,1-3H3,(H3,18,19). The zero-order chi connectivity index (χ0) is 14.7. The molecule has 104 valence electrons. The molecule has 0 aliphatic carbocycles. The van der Waals surface area contributed by atoms with Crippen LogP contribution >= 0.6 is 0 Å². The number of benzene rings is 2. The molecule has 0 saturated carbocycles. The van der Waals surface area contributed by atoms with E-state index in [0.717, 1.165) is 28.9 Å². The van der Waals surface area contributed by atoms with Crippen LogP contribution in [-0.4, -0.2) is 12.9 Å². The van der Waals surface area contributed by atoms with Crippen molar-refractivity contribution in [1.29, 1.82) is 5.41 Å². The molecule has 3 nitrogen and oxygen atoms in total. The van der Waals surface area contributed by atoms with E-state index in [-0.39, 0.29) is 5.84 Å². The first-order valence-electron chi connectivity index (χ1n) is 6.80. The second-order valence-corrected chi connectivity index (χ2v) is 5.01. The van der Waals surface area contributed by atoms with Gasteiger partial charge in [-0.15, -0.1) is 0 Å². The molecule has 2 rings (SSSR count). The van der Waals surface area contributed by atoms with Crippen LogP contribution in [0.2, 0.25) is 0 Å². The molecule has 0 aromatic heterocycles. The summed E-state index contributed by atoms with van der Waals surface area (Å²) in [5.74, 6) is 0.0979. The number of hydrogen-bond acceptors (Lipinski definition) is 2. The summed E-state index contributed by atoms with van der Waals surface area (Å²) in [5.41, 5.74) is 10.9. The lowest BCUT2D eigenvalue weighted by atomic mass is 10.1. The van der Waals surface area contributed by atoms with Gasteiger partial charge in [-0.05, 0) is 43.2 Å². The largest absolute Gasteiger partial charge is 0.384 e. The predicted octanol–water partition coefficient (Wildman–Crippen LogP) is 3.61. The van der Waals surface area contributed by atoms with Gasteiger partial charge in [-0.1, -0.05) is 30.7 Å². The van der Waals surface area contributed by atoms with Crippen molar-refractivity contribution in [3.8, 4) is 0 Å². The molecule has 0 aliphatic rings. The van der Waals surface area contributed by atoms with Gasteiger partial charge < -0.3 is 10.6 Å². The van der Waals surface area contributed by atoms with Crippen LogP contribution in [0.3, 0.4) is 0 Å². The Hall–Kier alpha value is -2.29. The molecule has 0 aliphatic heterocycles. The van der Waals surface area contributed by atoms with Crippen LogP contribution in [0.25, 0.3) is 0 Å². The molecule has 0 heterocycles. The summed E-state index contributed by atoms with van der Waals surface area (Å²) >= 11 is 0. The lowest BCUT2D eigenvalue weighted by Gasteiger charge is -2.23. The fourth-order valence-electron chi connectivity index (χ4n) is 2.25. The van der Waals surface area contributed by atoms with Crippen molar-refractivity contribution in [2.45, 2.75) is 20.3 Å². The molecule has 2 aromatic carbocycles. The van der Waals surface area contributed by atoms with Crippen molar-refractivity contribution in [3.05, 3.63) is 59.2 Å². The number of aryl methyl sites for hydroxylation is 2. The Kier molecular flexibility index (Phi) is 4.08. The van der Waals surface area contributed by atoms with Gasteiger partial charge >= 0.3 is 0 Å². The monoisotopic (exact) mass is 267 g/mol. The molecule has 20 heavy (non-hydrogen) atoms. The smallest absolute Gasteiger partial charge is 0.124 e. The third kappa shape index (κ3) is 2.82.